The summed E-state index contributed by atoms with van der Waals surface area (Å²) < 4.78 is 10.7. The monoisotopic (exact) mass is 829 g/mol. The second-order valence-electron chi connectivity index (χ2n) is 20.8. The molecule has 318 valence electrons. The molecule has 6 aromatic carbocycles. The van der Waals surface area contributed by atoms with E-state index in [-0.39, 0.29) is 10.8 Å². The zero-order valence-corrected chi connectivity index (χ0v) is 39.1. The highest BCUT2D eigenvalue weighted by atomic mass is 16.5. The molecule has 4 heterocycles. The average Bonchev–Trinajstić information content (AvgIpc) is 3.76. The molecule has 5 nitrogen and oxygen atoms in total. The maximum absolute atomic E-state index is 7.21. The first-order valence-corrected chi connectivity index (χ1v) is 22.8. The molecule has 0 saturated carbocycles. The van der Waals surface area contributed by atoms with Crippen LogP contribution in [0.3, 0.4) is 0 Å². The van der Waals surface area contributed by atoms with Crippen LogP contribution < -0.4 is 13.9 Å². The summed E-state index contributed by atoms with van der Waals surface area (Å²) in [6, 6.07) is 47.5. The fraction of sp³-hybridized carbons (Fsp3) is 0.276. The highest BCUT2D eigenvalue weighted by Gasteiger charge is 2.78. The Hall–Kier alpha value is -6.01. The number of hydrogen-bond donors (Lipinski definition) is 0. The van der Waals surface area contributed by atoms with E-state index in [4.69, 9.17) is 9.72 Å². The molecule has 63 heavy (non-hydrogen) atoms. The lowest BCUT2D eigenvalue weighted by atomic mass is 9.85. The van der Waals surface area contributed by atoms with Crippen LogP contribution in [0.1, 0.15) is 114 Å². The zero-order valence-electron chi connectivity index (χ0n) is 39.1. The molecule has 2 atom stereocenters. The van der Waals surface area contributed by atoms with Gasteiger partial charge in [-0.2, -0.15) is 9.18 Å². The van der Waals surface area contributed by atoms with Crippen LogP contribution in [0.25, 0.3) is 38.8 Å². The molecule has 8 aromatic rings. The predicted octanol–water partition coefficient (Wildman–Crippen LogP) is 16.4. The van der Waals surface area contributed by atoms with Crippen molar-refractivity contribution in [1.82, 2.24) is 18.7 Å². The highest BCUT2D eigenvalue weighted by molar-refractivity contribution is 6.09. The molecule has 0 N–H and O–H groups in total. The van der Waals surface area contributed by atoms with Gasteiger partial charge in [0.2, 0.25) is 11.4 Å². The van der Waals surface area contributed by atoms with E-state index in [0.29, 0.717) is 21.0 Å². The summed E-state index contributed by atoms with van der Waals surface area (Å²) in [6.45, 7) is 29.9. The Labute approximate surface area is 374 Å². The number of para-hydroxylation sites is 1. The Morgan fingerprint density at radius 1 is 0.556 bits per heavy atom. The summed E-state index contributed by atoms with van der Waals surface area (Å²) in [4.78, 5) is 4.95. The van der Waals surface area contributed by atoms with Gasteiger partial charge in [-0.05, 0) is 117 Å². The number of nitrogens with zero attached hydrogens (tertiary/aromatic N) is 4. The number of pyridine rings is 1. The summed E-state index contributed by atoms with van der Waals surface area (Å²) in [5.41, 5.74) is 17.7. The number of fused-ring (bicyclic) bond motifs is 7. The van der Waals surface area contributed by atoms with Gasteiger partial charge in [-0.1, -0.05) is 118 Å². The van der Waals surface area contributed by atoms with Crippen molar-refractivity contribution in [3.63, 3.8) is 0 Å². The second-order valence-corrected chi connectivity index (χ2v) is 20.8. The molecular weight excluding hydrogens is 769 g/mol. The molecule has 5 heteroatoms. The summed E-state index contributed by atoms with van der Waals surface area (Å²) in [6.07, 6.45) is 1.94. The zero-order chi connectivity index (χ0) is 44.4. The van der Waals surface area contributed by atoms with Crippen LogP contribution in [0.5, 0.6) is 11.5 Å². The van der Waals surface area contributed by atoms with Crippen molar-refractivity contribution in [2.45, 2.75) is 106 Å². The SMILES string of the molecule is Cc1cc2c(cc1C)[N@@+]1(c3cccc(C(C)(C)C)c3)[CH-][N+]21c1cc(Oc2ccc3c4ccccc4n(-c4cc(C(C)(C)C)ccn4)c3c2)cc(-c2c(C(C)C)cccc2C(C)C)c1. The van der Waals surface area contributed by atoms with Gasteiger partial charge >= 0.3 is 0 Å². The van der Waals surface area contributed by atoms with Crippen LogP contribution in [0, 0.1) is 20.5 Å². The Bertz CT molecular complexity index is 3110. The van der Waals surface area contributed by atoms with Gasteiger partial charge in [0.25, 0.3) is 0 Å². The van der Waals surface area contributed by atoms with Crippen LogP contribution >= 0.6 is 0 Å². The molecule has 0 aliphatic carbocycles. The van der Waals surface area contributed by atoms with E-state index >= 15 is 0 Å². The van der Waals surface area contributed by atoms with Gasteiger partial charge in [-0.25, -0.2) is 4.98 Å². The third-order valence-corrected chi connectivity index (χ3v) is 13.9. The van der Waals surface area contributed by atoms with E-state index in [1.807, 2.05) is 6.20 Å². The van der Waals surface area contributed by atoms with Crippen LogP contribution in [0.2, 0.25) is 0 Å². The number of aryl methyl sites for hydroxylation is 2. The van der Waals surface area contributed by atoms with Crippen molar-refractivity contribution >= 4 is 44.6 Å². The Kier molecular flexibility index (Phi) is 9.28. The fourth-order valence-electron chi connectivity index (χ4n) is 10.2. The molecule has 0 radical (unpaired) electrons. The standard InChI is InChI=1S/C58H61N4O/c1-36(2)47-20-16-21-48(37(3)4)56(47)40-29-44(62-35-61(62,53-27-38(5)39(6)28-54(53)62)43-18-15-17-41(31-43)57(7,8)9)33-46(30-40)63-45-23-24-50-49-19-13-14-22-51(49)60(52(50)34-45)55-32-42(25-26-59-55)58(10,11)12/h13-37H,1-12H3/q+1/t61-,62?/m0/s1. The Morgan fingerprint density at radius 3 is 1.84 bits per heavy atom. The first-order chi connectivity index (χ1) is 29.9. The number of quaternary nitrogens is 2. The van der Waals surface area contributed by atoms with Gasteiger partial charge in [-0.15, -0.1) is 0 Å². The summed E-state index contributed by atoms with van der Waals surface area (Å²) in [5, 5.41) is 2.36. The third-order valence-electron chi connectivity index (χ3n) is 13.9. The van der Waals surface area contributed by atoms with E-state index in [0.717, 1.165) is 28.4 Å². The van der Waals surface area contributed by atoms with E-state index in [2.05, 4.69) is 222 Å². The maximum atomic E-state index is 7.21. The molecule has 0 bridgehead atoms. The molecule has 2 aromatic heterocycles. The minimum atomic E-state index is -0.0156. The van der Waals surface area contributed by atoms with Crippen molar-refractivity contribution in [2.75, 3.05) is 0 Å². The van der Waals surface area contributed by atoms with Crippen molar-refractivity contribution in [2.24, 2.45) is 0 Å². The third kappa shape index (κ3) is 6.30. The Balaban J connectivity index is 1.19. The van der Waals surface area contributed by atoms with Crippen molar-refractivity contribution in [1.29, 1.82) is 0 Å². The largest absolute Gasteiger partial charge is 0.457 e. The van der Waals surface area contributed by atoms with Gasteiger partial charge < -0.3 is 4.74 Å². The molecule has 1 saturated heterocycles. The lowest BCUT2D eigenvalue weighted by molar-refractivity contribution is 0.422. The van der Waals surface area contributed by atoms with E-state index < -0.39 is 0 Å². The van der Waals surface area contributed by atoms with Crippen molar-refractivity contribution in [3.05, 3.63) is 174 Å². The molecule has 1 unspecified atom stereocenters. The summed E-state index contributed by atoms with van der Waals surface area (Å²) in [7, 11) is 0. The topological polar surface area (TPSA) is 27.1 Å². The van der Waals surface area contributed by atoms with Crippen LogP contribution in [-0.2, 0) is 10.8 Å². The Morgan fingerprint density at radius 2 is 1.17 bits per heavy atom. The number of aromatic nitrogens is 2. The number of rotatable bonds is 8. The molecule has 0 amide bonds. The van der Waals surface area contributed by atoms with Gasteiger partial charge in [0, 0.05) is 59.4 Å². The first-order valence-electron chi connectivity index (χ1n) is 22.8. The van der Waals surface area contributed by atoms with Crippen LogP contribution in [0.4, 0.5) is 22.7 Å². The minimum absolute atomic E-state index is 0.0156. The van der Waals surface area contributed by atoms with Gasteiger partial charge in [0.15, 0.2) is 18.0 Å². The fourth-order valence-corrected chi connectivity index (χ4v) is 10.2. The van der Waals surface area contributed by atoms with Crippen LogP contribution in [0.15, 0.2) is 134 Å². The molecule has 1 fully saturated rings. The van der Waals surface area contributed by atoms with E-state index in [1.54, 1.807) is 0 Å². The lowest BCUT2D eigenvalue weighted by Crippen LogP contribution is -2.46. The summed E-state index contributed by atoms with van der Waals surface area (Å²) in [5.74, 6) is 3.18. The molecule has 10 rings (SSSR count). The van der Waals surface area contributed by atoms with E-state index in [9.17, 15) is 0 Å². The van der Waals surface area contributed by atoms with Crippen molar-refractivity contribution < 1.29 is 4.74 Å². The molecule has 2 aliphatic heterocycles. The van der Waals surface area contributed by atoms with Crippen LogP contribution in [-0.4, -0.2) is 9.55 Å². The maximum Gasteiger partial charge on any atom is 0.225 e. The predicted molar refractivity (Wildman–Crippen MR) is 266 cm³/mol. The van der Waals surface area contributed by atoms with E-state index in [1.165, 1.54) is 78.0 Å². The number of ether oxygens (including phenoxy) is 1. The molecule has 0 spiro atoms. The van der Waals surface area contributed by atoms with Gasteiger partial charge in [0.1, 0.15) is 17.3 Å². The smallest absolute Gasteiger partial charge is 0.225 e. The number of benzene rings is 6. The quantitative estimate of drug-likeness (QED) is 0.0867. The average molecular weight is 830 g/mol. The highest BCUT2D eigenvalue weighted by Crippen LogP contribution is 2.76. The normalized spacial score (nSPS) is 18.2. The second kappa shape index (κ2) is 14.3. The molecular formula is C58H61N4O+. The summed E-state index contributed by atoms with van der Waals surface area (Å²) >= 11 is 0. The molecule has 2 aliphatic rings. The van der Waals surface area contributed by atoms with Gasteiger partial charge in [-0.3, -0.25) is 4.57 Å². The first kappa shape index (κ1) is 41.0. The number of hydrogen-bond acceptors (Lipinski definition) is 2. The van der Waals surface area contributed by atoms with Gasteiger partial charge in [0.05, 0.1) is 11.0 Å². The minimum Gasteiger partial charge on any atom is -0.457 e. The lowest BCUT2D eigenvalue weighted by Gasteiger charge is -2.41. The van der Waals surface area contributed by atoms with Crippen molar-refractivity contribution in [3.8, 4) is 28.4 Å².